The molecule has 0 atom stereocenters. The molecule has 0 bridgehead atoms. The van der Waals surface area contributed by atoms with Gasteiger partial charge in [-0.25, -0.2) is 0 Å². The lowest BCUT2D eigenvalue weighted by atomic mass is 9.79. The molecule has 0 amide bonds. The number of nitrogens with zero attached hydrogens (tertiary/aromatic N) is 2. The Morgan fingerprint density at radius 3 is 2.26 bits per heavy atom. The normalized spacial score (nSPS) is 14.7. The molecule has 0 aliphatic heterocycles. The van der Waals surface area contributed by atoms with Crippen LogP contribution in [0.3, 0.4) is 0 Å². The van der Waals surface area contributed by atoms with Crippen LogP contribution in [-0.2, 0) is 10.2 Å². The molecule has 0 spiro atoms. The molecule has 1 fully saturated rings. The highest BCUT2D eigenvalue weighted by atomic mass is 35.5. The summed E-state index contributed by atoms with van der Waals surface area (Å²) in [4.78, 5) is 15.9. The summed E-state index contributed by atoms with van der Waals surface area (Å²) in [6.45, 7) is 4.02. The summed E-state index contributed by atoms with van der Waals surface area (Å²) in [6, 6.07) is 25.7. The van der Waals surface area contributed by atoms with Crippen LogP contribution < -0.4 is 4.74 Å². The summed E-state index contributed by atoms with van der Waals surface area (Å²) in [5.74, 6) is 0.227. The van der Waals surface area contributed by atoms with Gasteiger partial charge in [0.05, 0.1) is 21.7 Å². The van der Waals surface area contributed by atoms with Crippen molar-refractivity contribution in [3.8, 4) is 11.6 Å². The van der Waals surface area contributed by atoms with E-state index in [-0.39, 0.29) is 5.97 Å². The number of carbonyl (C=O) groups excluding carboxylic acids is 1. The van der Waals surface area contributed by atoms with E-state index in [1.165, 1.54) is 5.56 Å². The monoisotopic (exact) mass is 502 g/mol. The standard InChI is InChI=1S/C29H27ClN2O2S/c1-20-10-16-25(17-11-20)35-26-21(2)31-32(24-8-4-3-5-9-24)27(26)34-28(33)29(18-6-7-19-29)22-12-14-23(30)15-13-22/h3-5,8-17H,6-7,18-19H2,1-2H3. The maximum atomic E-state index is 14.0. The quantitative estimate of drug-likeness (QED) is 0.253. The summed E-state index contributed by atoms with van der Waals surface area (Å²) in [6.07, 6.45) is 3.48. The molecule has 178 valence electrons. The molecule has 1 aliphatic rings. The Morgan fingerprint density at radius 1 is 0.943 bits per heavy atom. The van der Waals surface area contributed by atoms with Crippen molar-refractivity contribution in [3.63, 3.8) is 0 Å². The van der Waals surface area contributed by atoms with Crippen LogP contribution in [0.15, 0.2) is 88.7 Å². The smallest absolute Gasteiger partial charge is 0.323 e. The number of carbonyl (C=O) groups is 1. The van der Waals surface area contributed by atoms with Crippen molar-refractivity contribution >= 4 is 29.3 Å². The molecular weight excluding hydrogens is 476 g/mol. The average Bonchev–Trinajstić information content (AvgIpc) is 3.48. The van der Waals surface area contributed by atoms with E-state index in [0.29, 0.717) is 10.9 Å². The van der Waals surface area contributed by atoms with Crippen LogP contribution in [0.4, 0.5) is 0 Å². The number of para-hydroxylation sites is 1. The zero-order chi connectivity index (χ0) is 24.4. The van der Waals surface area contributed by atoms with E-state index >= 15 is 0 Å². The van der Waals surface area contributed by atoms with Gasteiger partial charge in [0.15, 0.2) is 0 Å². The largest absolute Gasteiger partial charge is 0.405 e. The fourth-order valence-electron chi connectivity index (χ4n) is 4.71. The molecule has 6 heteroatoms. The highest BCUT2D eigenvalue weighted by Gasteiger charge is 2.45. The fraction of sp³-hybridized carbons (Fsp3) is 0.241. The third-order valence-corrected chi connectivity index (χ3v) is 8.07. The lowest BCUT2D eigenvalue weighted by Crippen LogP contribution is -2.37. The first-order chi connectivity index (χ1) is 17.0. The maximum absolute atomic E-state index is 14.0. The second kappa shape index (κ2) is 9.92. The molecule has 1 aromatic heterocycles. The minimum absolute atomic E-state index is 0.236. The number of halogens is 1. The molecule has 0 unspecified atom stereocenters. The molecule has 5 rings (SSSR count). The molecule has 0 saturated heterocycles. The van der Waals surface area contributed by atoms with Crippen molar-refractivity contribution in [1.82, 2.24) is 9.78 Å². The van der Waals surface area contributed by atoms with Gasteiger partial charge in [-0.3, -0.25) is 4.79 Å². The van der Waals surface area contributed by atoms with Crippen LogP contribution in [0.5, 0.6) is 5.88 Å². The number of hydrogen-bond donors (Lipinski definition) is 0. The van der Waals surface area contributed by atoms with Gasteiger partial charge in [-0.05, 0) is 68.7 Å². The SMILES string of the molecule is Cc1ccc(Sc2c(C)nn(-c3ccccc3)c2OC(=O)C2(c3ccc(Cl)cc3)CCCC2)cc1. The lowest BCUT2D eigenvalue weighted by Gasteiger charge is -2.27. The van der Waals surface area contributed by atoms with Crippen LogP contribution in [0, 0.1) is 13.8 Å². The van der Waals surface area contributed by atoms with Crippen molar-refractivity contribution in [1.29, 1.82) is 0 Å². The van der Waals surface area contributed by atoms with Crippen LogP contribution in [0.1, 0.15) is 42.5 Å². The number of hydrogen-bond acceptors (Lipinski definition) is 4. The van der Waals surface area contributed by atoms with Gasteiger partial charge < -0.3 is 4.74 Å². The Morgan fingerprint density at radius 2 is 1.60 bits per heavy atom. The minimum atomic E-state index is -0.684. The molecule has 35 heavy (non-hydrogen) atoms. The van der Waals surface area contributed by atoms with Gasteiger partial charge in [0.1, 0.15) is 0 Å². The van der Waals surface area contributed by atoms with Gasteiger partial charge >= 0.3 is 5.97 Å². The number of ether oxygens (including phenoxy) is 1. The van der Waals surface area contributed by atoms with Gasteiger partial charge in [0, 0.05) is 9.92 Å². The number of aryl methyl sites for hydroxylation is 2. The zero-order valence-corrected chi connectivity index (χ0v) is 21.4. The second-order valence-corrected chi connectivity index (χ2v) is 10.6. The highest BCUT2D eigenvalue weighted by molar-refractivity contribution is 7.99. The first kappa shape index (κ1) is 23.7. The van der Waals surface area contributed by atoms with E-state index in [2.05, 4.69) is 31.2 Å². The van der Waals surface area contributed by atoms with E-state index in [9.17, 15) is 4.79 Å². The van der Waals surface area contributed by atoms with E-state index < -0.39 is 5.41 Å². The zero-order valence-electron chi connectivity index (χ0n) is 19.8. The first-order valence-corrected chi connectivity index (χ1v) is 13.0. The number of rotatable bonds is 6. The summed E-state index contributed by atoms with van der Waals surface area (Å²) < 4.78 is 8.07. The topological polar surface area (TPSA) is 44.1 Å². The molecule has 1 heterocycles. The van der Waals surface area contributed by atoms with E-state index in [0.717, 1.165) is 52.4 Å². The van der Waals surface area contributed by atoms with Crippen LogP contribution >= 0.6 is 23.4 Å². The minimum Gasteiger partial charge on any atom is -0.405 e. The van der Waals surface area contributed by atoms with Gasteiger partial charge in [0.2, 0.25) is 5.88 Å². The predicted molar refractivity (Wildman–Crippen MR) is 141 cm³/mol. The van der Waals surface area contributed by atoms with E-state index in [4.69, 9.17) is 21.4 Å². The third-order valence-electron chi connectivity index (χ3n) is 6.64. The van der Waals surface area contributed by atoms with Gasteiger partial charge in [0.25, 0.3) is 0 Å². The molecule has 0 radical (unpaired) electrons. The molecule has 1 aliphatic carbocycles. The first-order valence-electron chi connectivity index (χ1n) is 11.8. The van der Waals surface area contributed by atoms with Crippen molar-refractivity contribution < 1.29 is 9.53 Å². The molecule has 0 N–H and O–H groups in total. The lowest BCUT2D eigenvalue weighted by molar-refractivity contribution is -0.141. The Labute approximate surface area is 215 Å². The van der Waals surface area contributed by atoms with E-state index in [1.54, 1.807) is 16.4 Å². The molecule has 1 saturated carbocycles. The van der Waals surface area contributed by atoms with Crippen LogP contribution in [-0.4, -0.2) is 15.7 Å². The van der Waals surface area contributed by atoms with Crippen molar-refractivity contribution in [2.24, 2.45) is 0 Å². The summed E-state index contributed by atoms with van der Waals surface area (Å²) >= 11 is 7.71. The molecule has 4 nitrogen and oxygen atoms in total. The molecular formula is C29H27ClN2O2S. The summed E-state index contributed by atoms with van der Waals surface area (Å²) in [7, 11) is 0. The molecule has 3 aromatic carbocycles. The number of aromatic nitrogens is 2. The number of benzene rings is 3. The van der Waals surface area contributed by atoms with Gasteiger partial charge in [-0.1, -0.05) is 84.2 Å². The summed E-state index contributed by atoms with van der Waals surface area (Å²) in [5, 5.41) is 5.44. The van der Waals surface area contributed by atoms with Crippen LogP contribution in [0.25, 0.3) is 5.69 Å². The van der Waals surface area contributed by atoms with Gasteiger partial charge in [-0.15, -0.1) is 0 Å². The average molecular weight is 503 g/mol. The summed E-state index contributed by atoms with van der Waals surface area (Å²) in [5.41, 5.74) is 3.13. The Bertz CT molecular complexity index is 1330. The van der Waals surface area contributed by atoms with Crippen molar-refractivity contribution in [3.05, 3.63) is 101 Å². The molecule has 4 aromatic rings. The van der Waals surface area contributed by atoms with Gasteiger partial charge in [-0.2, -0.15) is 9.78 Å². The fourth-order valence-corrected chi connectivity index (χ4v) is 5.75. The Kier molecular flexibility index (Phi) is 6.72. The third kappa shape index (κ3) is 4.75. The Hall–Kier alpha value is -3.02. The predicted octanol–water partition coefficient (Wildman–Crippen LogP) is 7.71. The highest BCUT2D eigenvalue weighted by Crippen LogP contribution is 2.45. The maximum Gasteiger partial charge on any atom is 0.323 e. The number of esters is 1. The van der Waals surface area contributed by atoms with Crippen LogP contribution in [0.2, 0.25) is 5.02 Å². The second-order valence-electron chi connectivity index (χ2n) is 9.07. The Balaban J connectivity index is 1.57. The van der Waals surface area contributed by atoms with Crippen molar-refractivity contribution in [2.45, 2.75) is 54.7 Å². The van der Waals surface area contributed by atoms with E-state index in [1.807, 2.05) is 61.5 Å². The van der Waals surface area contributed by atoms with Crippen molar-refractivity contribution in [2.75, 3.05) is 0 Å².